The van der Waals surface area contributed by atoms with Crippen molar-refractivity contribution in [3.05, 3.63) is 52.3 Å². The molecule has 0 radical (unpaired) electrons. The summed E-state index contributed by atoms with van der Waals surface area (Å²) in [5.41, 5.74) is 0.491. The number of aliphatic hydroxyl groups is 1. The van der Waals surface area contributed by atoms with Crippen molar-refractivity contribution in [2.24, 2.45) is 0 Å². The Labute approximate surface area is 85.8 Å². The third-order valence-corrected chi connectivity index (χ3v) is 1.94. The molecular weight excluding hydrogens is 201 g/mol. The number of benzene rings is 1. The summed E-state index contributed by atoms with van der Waals surface area (Å²) in [5.74, 6) is 0. The van der Waals surface area contributed by atoms with Gasteiger partial charge < -0.3 is 5.11 Å². The predicted octanol–water partition coefficient (Wildman–Crippen LogP) is 2.50. The predicted molar refractivity (Wildman–Crippen MR) is 52.9 cm³/mol. The Morgan fingerprint density at radius 3 is 2.53 bits per heavy atom. The minimum Gasteiger partial charge on any atom is -0.388 e. The molecule has 1 aromatic rings. The van der Waals surface area contributed by atoms with Crippen LogP contribution in [0.3, 0.4) is 0 Å². The van der Waals surface area contributed by atoms with E-state index in [1.54, 1.807) is 0 Å². The van der Waals surface area contributed by atoms with Crippen molar-refractivity contribution in [1.82, 2.24) is 0 Å². The molecule has 0 fully saturated rings. The second-order valence-corrected chi connectivity index (χ2v) is 2.96. The highest BCUT2D eigenvalue weighted by Gasteiger charge is 2.08. The van der Waals surface area contributed by atoms with E-state index in [9.17, 15) is 19.6 Å². The second-order valence-electron chi connectivity index (χ2n) is 2.96. The number of hydrogen-bond donors (Lipinski definition) is 1. The highest BCUT2D eigenvalue weighted by molar-refractivity contribution is 5.33. The molecular formula is C10H10FNO3. The molecule has 1 unspecified atom stereocenters. The molecule has 1 atom stereocenters. The minimum absolute atomic E-state index is 0.0352. The smallest absolute Gasteiger partial charge is 0.269 e. The Kier molecular flexibility index (Phi) is 3.93. The van der Waals surface area contributed by atoms with Gasteiger partial charge >= 0.3 is 0 Å². The standard InChI is InChI=1S/C10H10FNO3/c11-7-1-2-10(13)8-3-5-9(6-4-8)12(14)15/h1,3-7,10,13H,2H2/b7-1-. The summed E-state index contributed by atoms with van der Waals surface area (Å²) in [6.07, 6.45) is 0.854. The number of halogens is 1. The lowest BCUT2D eigenvalue weighted by Gasteiger charge is -2.06. The van der Waals surface area contributed by atoms with Gasteiger partial charge in [-0.2, -0.15) is 0 Å². The lowest BCUT2D eigenvalue weighted by Crippen LogP contribution is -1.96. The first-order chi connectivity index (χ1) is 7.15. The molecule has 5 heteroatoms. The summed E-state index contributed by atoms with van der Waals surface area (Å²) in [6, 6.07) is 5.51. The van der Waals surface area contributed by atoms with Gasteiger partial charge in [0, 0.05) is 12.1 Å². The van der Waals surface area contributed by atoms with E-state index in [1.807, 2.05) is 0 Å². The van der Waals surface area contributed by atoms with Gasteiger partial charge in [-0.3, -0.25) is 10.1 Å². The fraction of sp³-hybridized carbons (Fsp3) is 0.200. The maximum absolute atomic E-state index is 11.7. The number of hydrogen-bond acceptors (Lipinski definition) is 3. The molecule has 1 rings (SSSR count). The number of rotatable bonds is 4. The van der Waals surface area contributed by atoms with Gasteiger partial charge in [0.05, 0.1) is 17.4 Å². The molecule has 15 heavy (non-hydrogen) atoms. The molecule has 0 aliphatic heterocycles. The first-order valence-electron chi connectivity index (χ1n) is 4.33. The largest absolute Gasteiger partial charge is 0.388 e. The normalized spacial score (nSPS) is 12.9. The van der Waals surface area contributed by atoms with E-state index in [4.69, 9.17) is 0 Å². The fourth-order valence-corrected chi connectivity index (χ4v) is 1.13. The van der Waals surface area contributed by atoms with Crippen LogP contribution in [-0.2, 0) is 0 Å². The molecule has 0 aliphatic rings. The van der Waals surface area contributed by atoms with Crippen molar-refractivity contribution < 1.29 is 14.4 Å². The molecule has 1 N–H and O–H groups in total. The Balaban J connectivity index is 2.75. The highest BCUT2D eigenvalue weighted by Crippen LogP contribution is 2.20. The zero-order valence-electron chi connectivity index (χ0n) is 7.84. The van der Waals surface area contributed by atoms with Crippen molar-refractivity contribution in [3.63, 3.8) is 0 Å². The summed E-state index contributed by atoms with van der Waals surface area (Å²) >= 11 is 0. The first kappa shape index (κ1) is 11.3. The SMILES string of the molecule is O=[N+]([O-])c1ccc(C(O)C/C=C\F)cc1. The fourth-order valence-electron chi connectivity index (χ4n) is 1.13. The van der Waals surface area contributed by atoms with Gasteiger partial charge in [-0.1, -0.05) is 6.08 Å². The van der Waals surface area contributed by atoms with Gasteiger partial charge in [-0.15, -0.1) is 0 Å². The molecule has 0 saturated heterocycles. The van der Waals surface area contributed by atoms with Crippen LogP contribution >= 0.6 is 0 Å². The quantitative estimate of drug-likeness (QED) is 0.614. The molecule has 0 aliphatic carbocycles. The molecule has 0 bridgehead atoms. The third kappa shape index (κ3) is 3.14. The van der Waals surface area contributed by atoms with E-state index in [0.29, 0.717) is 11.9 Å². The summed E-state index contributed by atoms with van der Waals surface area (Å²) in [5, 5.41) is 19.8. The Morgan fingerprint density at radius 2 is 2.07 bits per heavy atom. The average Bonchev–Trinajstić information content (AvgIpc) is 2.26. The van der Waals surface area contributed by atoms with Gasteiger partial charge in [0.15, 0.2) is 0 Å². The van der Waals surface area contributed by atoms with Crippen LogP contribution in [0.25, 0.3) is 0 Å². The molecule has 0 amide bonds. The minimum atomic E-state index is -0.835. The molecule has 4 nitrogen and oxygen atoms in total. The van der Waals surface area contributed by atoms with Gasteiger partial charge in [0.25, 0.3) is 5.69 Å². The van der Waals surface area contributed by atoms with E-state index >= 15 is 0 Å². The number of nitro benzene ring substituents is 1. The van der Waals surface area contributed by atoms with Crippen molar-refractivity contribution in [1.29, 1.82) is 0 Å². The van der Waals surface area contributed by atoms with Crippen molar-refractivity contribution in [3.8, 4) is 0 Å². The topological polar surface area (TPSA) is 63.4 Å². The number of nitrogens with zero attached hydrogens (tertiary/aromatic N) is 1. The van der Waals surface area contributed by atoms with E-state index in [1.165, 1.54) is 30.3 Å². The van der Waals surface area contributed by atoms with E-state index in [0.717, 1.165) is 0 Å². The lowest BCUT2D eigenvalue weighted by atomic mass is 10.1. The molecule has 0 heterocycles. The summed E-state index contributed by atoms with van der Waals surface area (Å²) in [7, 11) is 0. The zero-order valence-corrected chi connectivity index (χ0v) is 7.84. The lowest BCUT2D eigenvalue weighted by molar-refractivity contribution is -0.384. The second kappa shape index (κ2) is 5.21. The molecule has 0 saturated carbocycles. The zero-order chi connectivity index (χ0) is 11.3. The van der Waals surface area contributed by atoms with Gasteiger partial charge in [0.1, 0.15) is 0 Å². The number of aliphatic hydroxyl groups excluding tert-OH is 1. The van der Waals surface area contributed by atoms with Gasteiger partial charge in [-0.05, 0) is 24.1 Å². The van der Waals surface area contributed by atoms with Crippen molar-refractivity contribution >= 4 is 5.69 Å². The van der Waals surface area contributed by atoms with Gasteiger partial charge in [-0.25, -0.2) is 4.39 Å². The van der Waals surface area contributed by atoms with Gasteiger partial charge in [0.2, 0.25) is 0 Å². The average molecular weight is 211 g/mol. The van der Waals surface area contributed by atoms with Crippen LogP contribution in [0.1, 0.15) is 18.1 Å². The maximum atomic E-state index is 11.7. The first-order valence-corrected chi connectivity index (χ1v) is 4.33. The van der Waals surface area contributed by atoms with Crippen LogP contribution in [0.15, 0.2) is 36.7 Å². The molecule has 0 spiro atoms. The Morgan fingerprint density at radius 1 is 1.47 bits per heavy atom. The van der Waals surface area contributed by atoms with Crippen LogP contribution in [0.4, 0.5) is 10.1 Å². The van der Waals surface area contributed by atoms with Crippen molar-refractivity contribution in [2.75, 3.05) is 0 Å². The van der Waals surface area contributed by atoms with Crippen LogP contribution in [0, 0.1) is 10.1 Å². The number of non-ortho nitro benzene ring substituents is 1. The Bertz CT molecular complexity index is 361. The molecule has 80 valence electrons. The van der Waals surface area contributed by atoms with E-state index in [2.05, 4.69) is 0 Å². The monoisotopic (exact) mass is 211 g/mol. The van der Waals surface area contributed by atoms with Crippen LogP contribution < -0.4 is 0 Å². The Hall–Kier alpha value is -1.75. The summed E-state index contributed by atoms with van der Waals surface area (Å²) in [4.78, 5) is 9.82. The van der Waals surface area contributed by atoms with Crippen LogP contribution in [-0.4, -0.2) is 10.0 Å². The van der Waals surface area contributed by atoms with Crippen LogP contribution in [0.5, 0.6) is 0 Å². The van der Waals surface area contributed by atoms with Crippen molar-refractivity contribution in [2.45, 2.75) is 12.5 Å². The molecule has 1 aromatic carbocycles. The summed E-state index contributed by atoms with van der Waals surface area (Å²) in [6.45, 7) is 0. The highest BCUT2D eigenvalue weighted by atomic mass is 19.1. The maximum Gasteiger partial charge on any atom is 0.269 e. The third-order valence-electron chi connectivity index (χ3n) is 1.94. The van der Waals surface area contributed by atoms with Crippen LogP contribution in [0.2, 0.25) is 0 Å². The number of nitro groups is 1. The molecule has 0 aromatic heterocycles. The van der Waals surface area contributed by atoms with E-state index < -0.39 is 11.0 Å². The van der Waals surface area contributed by atoms with E-state index in [-0.39, 0.29) is 12.1 Å². The summed E-state index contributed by atoms with van der Waals surface area (Å²) < 4.78 is 11.7.